The summed E-state index contributed by atoms with van der Waals surface area (Å²) in [6.45, 7) is 0.972. The summed E-state index contributed by atoms with van der Waals surface area (Å²) in [5.41, 5.74) is 2.30. The molecule has 2 nitrogen and oxygen atoms in total. The normalized spacial score (nSPS) is 13.5. The first-order valence-electron chi connectivity index (χ1n) is 6.37. The molecule has 0 saturated carbocycles. The molecule has 0 aliphatic rings. The lowest BCUT2D eigenvalue weighted by Gasteiger charge is -2.18. The van der Waals surface area contributed by atoms with E-state index in [2.05, 4.69) is 23.0 Å². The summed E-state index contributed by atoms with van der Waals surface area (Å²) >= 11 is 0. The highest BCUT2D eigenvalue weighted by molar-refractivity contribution is 5.26. The molecule has 0 aromatic heterocycles. The Morgan fingerprint density at radius 2 is 2.05 bits per heavy atom. The Morgan fingerprint density at radius 1 is 1.32 bits per heavy atom. The van der Waals surface area contributed by atoms with E-state index >= 15 is 0 Å². The van der Waals surface area contributed by atoms with E-state index in [-0.39, 0.29) is 12.6 Å². The van der Waals surface area contributed by atoms with Gasteiger partial charge in [0, 0.05) is 12.6 Å². The van der Waals surface area contributed by atoms with Gasteiger partial charge in [-0.25, -0.2) is 0 Å². The van der Waals surface area contributed by atoms with E-state index < -0.39 is 12.8 Å². The third-order valence-electron chi connectivity index (χ3n) is 2.93. The van der Waals surface area contributed by atoms with Gasteiger partial charge in [0.15, 0.2) is 0 Å². The van der Waals surface area contributed by atoms with Crippen LogP contribution in [0.5, 0.6) is 0 Å². The first-order chi connectivity index (χ1) is 8.96. The molecule has 0 aliphatic carbocycles. The predicted molar refractivity (Wildman–Crippen MR) is 69.1 cm³/mol. The lowest BCUT2D eigenvalue weighted by atomic mass is 10.0. The molecule has 1 aromatic rings. The number of hydrogen-bond acceptors (Lipinski definition) is 2. The Kier molecular flexibility index (Phi) is 6.31. The largest absolute Gasteiger partial charge is 0.411 e. The monoisotopic (exact) mass is 275 g/mol. The molecule has 0 fully saturated rings. The van der Waals surface area contributed by atoms with Crippen LogP contribution in [-0.2, 0) is 11.2 Å². The van der Waals surface area contributed by atoms with Crippen molar-refractivity contribution in [2.45, 2.75) is 32.0 Å². The fourth-order valence-electron chi connectivity index (χ4n) is 1.90. The van der Waals surface area contributed by atoms with Gasteiger partial charge in [0.2, 0.25) is 0 Å². The number of alkyl halides is 3. The van der Waals surface area contributed by atoms with Crippen molar-refractivity contribution in [1.82, 2.24) is 5.32 Å². The van der Waals surface area contributed by atoms with Crippen LogP contribution in [0.1, 0.15) is 30.5 Å². The zero-order valence-corrected chi connectivity index (χ0v) is 11.3. The van der Waals surface area contributed by atoms with E-state index in [1.807, 2.05) is 18.2 Å². The van der Waals surface area contributed by atoms with Crippen LogP contribution in [0.2, 0.25) is 0 Å². The molecule has 1 atom stereocenters. The van der Waals surface area contributed by atoms with Gasteiger partial charge in [0.25, 0.3) is 0 Å². The second-order valence-corrected chi connectivity index (χ2v) is 4.40. The van der Waals surface area contributed by atoms with Gasteiger partial charge < -0.3 is 10.1 Å². The first-order valence-corrected chi connectivity index (χ1v) is 6.37. The van der Waals surface area contributed by atoms with Crippen LogP contribution in [0.3, 0.4) is 0 Å². The number of rotatable bonds is 7. The topological polar surface area (TPSA) is 21.3 Å². The van der Waals surface area contributed by atoms with Crippen molar-refractivity contribution in [3.05, 3.63) is 35.4 Å². The molecular weight excluding hydrogens is 255 g/mol. The van der Waals surface area contributed by atoms with Gasteiger partial charge in [0.05, 0.1) is 0 Å². The van der Waals surface area contributed by atoms with E-state index in [1.54, 1.807) is 7.05 Å². The fourth-order valence-corrected chi connectivity index (χ4v) is 1.90. The van der Waals surface area contributed by atoms with E-state index in [1.165, 1.54) is 5.56 Å². The summed E-state index contributed by atoms with van der Waals surface area (Å²) in [5.74, 6) is 0. The van der Waals surface area contributed by atoms with Crippen molar-refractivity contribution in [1.29, 1.82) is 0 Å². The van der Waals surface area contributed by atoms with E-state index in [4.69, 9.17) is 0 Å². The molecule has 1 rings (SSSR count). The zero-order valence-electron chi connectivity index (χ0n) is 11.3. The minimum absolute atomic E-state index is 0.0136. The second kappa shape index (κ2) is 7.50. The van der Waals surface area contributed by atoms with Gasteiger partial charge in [-0.15, -0.1) is 0 Å². The highest BCUT2D eigenvalue weighted by Crippen LogP contribution is 2.19. The summed E-state index contributed by atoms with van der Waals surface area (Å²) in [5, 5.41) is 3.11. The van der Waals surface area contributed by atoms with Crippen molar-refractivity contribution >= 4 is 0 Å². The Bertz CT molecular complexity index is 379. The maximum absolute atomic E-state index is 11.9. The molecule has 1 aromatic carbocycles. The van der Waals surface area contributed by atoms with Crippen LogP contribution in [0.25, 0.3) is 0 Å². The minimum Gasteiger partial charge on any atom is -0.372 e. The van der Waals surface area contributed by atoms with Crippen LogP contribution >= 0.6 is 0 Å². The standard InChI is InChI=1S/C14H20F3NO/c1-3-11-5-4-6-12(9-11)13(18-2)7-8-19-10-14(15,16)17/h4-6,9,13,18H,3,7-8,10H2,1-2H3. The molecule has 1 unspecified atom stereocenters. The maximum Gasteiger partial charge on any atom is 0.411 e. The third-order valence-corrected chi connectivity index (χ3v) is 2.93. The number of benzene rings is 1. The molecule has 1 N–H and O–H groups in total. The quantitative estimate of drug-likeness (QED) is 0.769. The summed E-state index contributed by atoms with van der Waals surface area (Å²) in [6.07, 6.45) is -2.80. The van der Waals surface area contributed by atoms with E-state index in [0.29, 0.717) is 6.42 Å². The number of halogens is 3. The zero-order chi connectivity index (χ0) is 14.3. The van der Waals surface area contributed by atoms with Crippen LogP contribution in [0.4, 0.5) is 13.2 Å². The molecular formula is C14H20F3NO. The lowest BCUT2D eigenvalue weighted by Crippen LogP contribution is -2.21. The average Bonchev–Trinajstić information content (AvgIpc) is 2.37. The lowest BCUT2D eigenvalue weighted by molar-refractivity contribution is -0.174. The summed E-state index contributed by atoms with van der Waals surface area (Å²) < 4.78 is 40.5. The van der Waals surface area contributed by atoms with Crippen LogP contribution < -0.4 is 5.32 Å². The molecule has 0 amide bonds. The highest BCUT2D eigenvalue weighted by atomic mass is 19.4. The van der Waals surface area contributed by atoms with Crippen molar-refractivity contribution in [3.8, 4) is 0 Å². The summed E-state index contributed by atoms with van der Waals surface area (Å²) in [6, 6.07) is 8.07. The van der Waals surface area contributed by atoms with E-state index in [0.717, 1.165) is 12.0 Å². The minimum atomic E-state index is -4.25. The third kappa shape index (κ3) is 6.07. The smallest absolute Gasteiger partial charge is 0.372 e. The van der Waals surface area contributed by atoms with E-state index in [9.17, 15) is 13.2 Å². The number of aryl methyl sites for hydroxylation is 1. The van der Waals surface area contributed by atoms with Crippen LogP contribution in [0, 0.1) is 0 Å². The van der Waals surface area contributed by atoms with Gasteiger partial charge in [-0.2, -0.15) is 13.2 Å². The van der Waals surface area contributed by atoms with Crippen molar-refractivity contribution < 1.29 is 17.9 Å². The molecule has 19 heavy (non-hydrogen) atoms. The molecule has 0 aliphatic heterocycles. The molecule has 0 bridgehead atoms. The fraction of sp³-hybridized carbons (Fsp3) is 0.571. The maximum atomic E-state index is 11.9. The van der Waals surface area contributed by atoms with Gasteiger partial charge >= 0.3 is 6.18 Å². The van der Waals surface area contributed by atoms with Crippen molar-refractivity contribution in [3.63, 3.8) is 0 Å². The predicted octanol–water partition coefficient (Wildman–Crippen LogP) is 3.48. The molecule has 0 radical (unpaired) electrons. The molecule has 108 valence electrons. The van der Waals surface area contributed by atoms with Crippen LogP contribution in [-0.4, -0.2) is 26.4 Å². The second-order valence-electron chi connectivity index (χ2n) is 4.40. The number of ether oxygens (including phenoxy) is 1. The van der Waals surface area contributed by atoms with Crippen molar-refractivity contribution in [2.24, 2.45) is 0 Å². The van der Waals surface area contributed by atoms with Gasteiger partial charge in [-0.05, 0) is 31.0 Å². The molecule has 0 spiro atoms. The molecule has 0 heterocycles. The Balaban J connectivity index is 2.48. The van der Waals surface area contributed by atoms with Crippen molar-refractivity contribution in [2.75, 3.05) is 20.3 Å². The van der Waals surface area contributed by atoms with Gasteiger partial charge in [0.1, 0.15) is 6.61 Å². The summed E-state index contributed by atoms with van der Waals surface area (Å²) in [7, 11) is 1.80. The Hall–Kier alpha value is -1.07. The summed E-state index contributed by atoms with van der Waals surface area (Å²) in [4.78, 5) is 0. The Labute approximate surface area is 112 Å². The number of nitrogens with one attached hydrogen (secondary N) is 1. The Morgan fingerprint density at radius 3 is 2.63 bits per heavy atom. The molecule has 0 saturated heterocycles. The average molecular weight is 275 g/mol. The number of hydrogen-bond donors (Lipinski definition) is 1. The SMILES string of the molecule is CCc1cccc(C(CCOCC(F)(F)F)NC)c1. The van der Waals surface area contributed by atoms with Gasteiger partial charge in [-0.1, -0.05) is 31.2 Å². The highest BCUT2D eigenvalue weighted by Gasteiger charge is 2.27. The van der Waals surface area contributed by atoms with Gasteiger partial charge in [-0.3, -0.25) is 0 Å². The van der Waals surface area contributed by atoms with Crippen LogP contribution in [0.15, 0.2) is 24.3 Å². The first kappa shape index (κ1) is 16.0. The molecule has 5 heteroatoms.